The van der Waals surface area contributed by atoms with Gasteiger partial charge in [-0.2, -0.15) is 0 Å². The number of nitrogens with one attached hydrogen (secondary N) is 1. The Morgan fingerprint density at radius 1 is 1.48 bits per heavy atom. The molecule has 21 heavy (non-hydrogen) atoms. The molecule has 1 fully saturated rings. The Morgan fingerprint density at radius 2 is 2.19 bits per heavy atom. The first-order valence-electron chi connectivity index (χ1n) is 6.99. The van der Waals surface area contributed by atoms with E-state index in [2.05, 4.69) is 15.4 Å². The van der Waals surface area contributed by atoms with Gasteiger partial charge < -0.3 is 15.3 Å². The minimum atomic E-state index is -0.0447. The average molecular weight is 291 g/mol. The first kappa shape index (κ1) is 15.3. The lowest BCUT2D eigenvalue weighted by Crippen LogP contribution is -2.43. The van der Waals surface area contributed by atoms with Crippen molar-refractivity contribution in [2.75, 3.05) is 32.1 Å². The number of anilines is 1. The van der Waals surface area contributed by atoms with Gasteiger partial charge in [0.25, 0.3) is 0 Å². The summed E-state index contributed by atoms with van der Waals surface area (Å²) in [6.45, 7) is 3.81. The molecule has 0 spiro atoms. The molecule has 1 saturated heterocycles. The fourth-order valence-electron chi connectivity index (χ4n) is 2.47. The van der Waals surface area contributed by atoms with Gasteiger partial charge in [-0.15, -0.1) is 0 Å². The molecule has 0 radical (unpaired) electrons. The van der Waals surface area contributed by atoms with E-state index in [4.69, 9.17) is 9.94 Å². The highest BCUT2D eigenvalue weighted by atomic mass is 16.5. The molecule has 1 aromatic carbocycles. The number of hydrogen-bond acceptors (Lipinski definition) is 5. The van der Waals surface area contributed by atoms with Gasteiger partial charge in [0.15, 0.2) is 0 Å². The number of nitrogens with zero attached hydrogens (tertiary/aromatic N) is 2. The molecule has 1 unspecified atom stereocenters. The SMILES string of the molecule is COc1ccc(NC(=O)CN2CC/C(=N/O)C(C)C2)cc1. The molecule has 1 heterocycles. The average Bonchev–Trinajstić information content (AvgIpc) is 2.48. The Balaban J connectivity index is 1.84. The Kier molecular flexibility index (Phi) is 5.16. The van der Waals surface area contributed by atoms with E-state index < -0.39 is 0 Å². The molecule has 0 bridgehead atoms. The zero-order chi connectivity index (χ0) is 15.2. The smallest absolute Gasteiger partial charge is 0.238 e. The standard InChI is InChI=1S/C15H21N3O3/c1-11-9-18(8-7-14(11)17-20)10-15(19)16-12-3-5-13(21-2)6-4-12/h3-6,11,20H,7-10H2,1-2H3,(H,16,19)/b17-14-. The van der Waals surface area contributed by atoms with Gasteiger partial charge in [0.2, 0.25) is 5.91 Å². The maximum absolute atomic E-state index is 12.0. The lowest BCUT2D eigenvalue weighted by atomic mass is 9.98. The van der Waals surface area contributed by atoms with E-state index in [9.17, 15) is 4.79 Å². The van der Waals surface area contributed by atoms with E-state index in [1.807, 2.05) is 31.2 Å². The van der Waals surface area contributed by atoms with Gasteiger partial charge in [-0.25, -0.2) is 0 Å². The zero-order valence-corrected chi connectivity index (χ0v) is 12.4. The Morgan fingerprint density at radius 3 is 2.76 bits per heavy atom. The highest BCUT2D eigenvalue weighted by Gasteiger charge is 2.23. The van der Waals surface area contributed by atoms with Crippen LogP contribution >= 0.6 is 0 Å². The lowest BCUT2D eigenvalue weighted by molar-refractivity contribution is -0.117. The van der Waals surface area contributed by atoms with Crippen LogP contribution < -0.4 is 10.1 Å². The Hall–Kier alpha value is -2.08. The first-order chi connectivity index (χ1) is 10.1. The van der Waals surface area contributed by atoms with Crippen LogP contribution in [0, 0.1) is 5.92 Å². The largest absolute Gasteiger partial charge is 0.497 e. The number of piperidine rings is 1. The molecule has 0 aliphatic carbocycles. The van der Waals surface area contributed by atoms with Gasteiger partial charge in [-0.1, -0.05) is 12.1 Å². The molecule has 1 aromatic rings. The normalized spacial score (nSPS) is 21.2. The molecule has 2 N–H and O–H groups in total. The van der Waals surface area contributed by atoms with Crippen LogP contribution in [-0.2, 0) is 4.79 Å². The van der Waals surface area contributed by atoms with Crippen molar-refractivity contribution in [3.63, 3.8) is 0 Å². The minimum Gasteiger partial charge on any atom is -0.497 e. The van der Waals surface area contributed by atoms with Crippen molar-refractivity contribution >= 4 is 17.3 Å². The van der Waals surface area contributed by atoms with Crippen LogP contribution in [0.4, 0.5) is 5.69 Å². The number of amides is 1. The van der Waals surface area contributed by atoms with Gasteiger partial charge in [0.1, 0.15) is 5.75 Å². The summed E-state index contributed by atoms with van der Waals surface area (Å²) in [5.41, 5.74) is 1.56. The Bertz CT molecular complexity index is 513. The fraction of sp³-hybridized carbons (Fsp3) is 0.467. The van der Waals surface area contributed by atoms with E-state index >= 15 is 0 Å². The molecule has 0 aromatic heterocycles. The summed E-state index contributed by atoms with van der Waals surface area (Å²) in [6, 6.07) is 7.24. The number of carbonyl (C=O) groups excluding carboxylic acids is 1. The third-order valence-electron chi connectivity index (χ3n) is 3.65. The van der Waals surface area contributed by atoms with Gasteiger partial charge in [-0.05, 0) is 24.3 Å². The summed E-state index contributed by atoms with van der Waals surface area (Å²) in [4.78, 5) is 14.1. The van der Waals surface area contributed by atoms with Crippen LogP contribution in [0.1, 0.15) is 13.3 Å². The maximum Gasteiger partial charge on any atom is 0.238 e. The number of likely N-dealkylation sites (tertiary alicyclic amines) is 1. The molecule has 0 saturated carbocycles. The number of hydrogen-bond donors (Lipinski definition) is 2. The number of ether oxygens (including phenoxy) is 1. The van der Waals surface area contributed by atoms with Crippen LogP contribution in [0.25, 0.3) is 0 Å². The van der Waals surface area contributed by atoms with E-state index in [1.54, 1.807) is 7.11 Å². The molecule has 114 valence electrons. The quantitative estimate of drug-likeness (QED) is 0.655. The number of oxime groups is 1. The van der Waals surface area contributed by atoms with E-state index in [0.29, 0.717) is 13.0 Å². The molecule has 6 nitrogen and oxygen atoms in total. The summed E-state index contributed by atoms with van der Waals surface area (Å²) in [5, 5.41) is 15.0. The molecule has 1 aliphatic heterocycles. The van der Waals surface area contributed by atoms with Crippen LogP contribution in [0.3, 0.4) is 0 Å². The molecule has 1 atom stereocenters. The van der Waals surface area contributed by atoms with Gasteiger partial charge in [0, 0.05) is 31.1 Å². The second-order valence-electron chi connectivity index (χ2n) is 5.25. The van der Waals surface area contributed by atoms with Crippen molar-refractivity contribution in [2.45, 2.75) is 13.3 Å². The molecular formula is C15H21N3O3. The zero-order valence-electron chi connectivity index (χ0n) is 12.4. The molecule has 1 aliphatic rings. The minimum absolute atomic E-state index is 0.0447. The monoisotopic (exact) mass is 291 g/mol. The summed E-state index contributed by atoms with van der Waals surface area (Å²) in [7, 11) is 1.61. The summed E-state index contributed by atoms with van der Waals surface area (Å²) in [5.74, 6) is 0.892. The van der Waals surface area contributed by atoms with Crippen LogP contribution in [0.5, 0.6) is 5.75 Å². The topological polar surface area (TPSA) is 74.2 Å². The molecule has 6 heteroatoms. The van der Waals surface area contributed by atoms with E-state index in [0.717, 1.165) is 30.2 Å². The summed E-state index contributed by atoms with van der Waals surface area (Å²) < 4.78 is 5.08. The van der Waals surface area contributed by atoms with E-state index in [-0.39, 0.29) is 11.8 Å². The first-order valence-corrected chi connectivity index (χ1v) is 6.99. The van der Waals surface area contributed by atoms with Crippen LogP contribution in [0.15, 0.2) is 29.4 Å². The molecule has 1 amide bonds. The third-order valence-corrected chi connectivity index (χ3v) is 3.65. The van der Waals surface area contributed by atoms with Gasteiger partial charge in [-0.3, -0.25) is 9.69 Å². The summed E-state index contributed by atoms with van der Waals surface area (Å²) in [6.07, 6.45) is 0.702. The summed E-state index contributed by atoms with van der Waals surface area (Å²) >= 11 is 0. The van der Waals surface area contributed by atoms with Crippen molar-refractivity contribution in [3.8, 4) is 5.75 Å². The highest BCUT2D eigenvalue weighted by Crippen LogP contribution is 2.16. The third kappa shape index (κ3) is 4.19. The van der Waals surface area contributed by atoms with Crippen molar-refractivity contribution in [1.82, 2.24) is 4.90 Å². The van der Waals surface area contributed by atoms with Gasteiger partial charge >= 0.3 is 0 Å². The van der Waals surface area contributed by atoms with Crippen molar-refractivity contribution in [1.29, 1.82) is 0 Å². The number of carbonyl (C=O) groups is 1. The Labute approximate surface area is 124 Å². The van der Waals surface area contributed by atoms with Crippen LogP contribution in [0.2, 0.25) is 0 Å². The number of methoxy groups -OCH3 is 1. The fourth-order valence-corrected chi connectivity index (χ4v) is 2.47. The number of benzene rings is 1. The van der Waals surface area contributed by atoms with Crippen molar-refractivity contribution in [3.05, 3.63) is 24.3 Å². The molecule has 2 rings (SSSR count). The van der Waals surface area contributed by atoms with Crippen molar-refractivity contribution < 1.29 is 14.7 Å². The van der Waals surface area contributed by atoms with Crippen molar-refractivity contribution in [2.24, 2.45) is 11.1 Å². The predicted octanol–water partition coefficient (Wildman–Crippen LogP) is 1.81. The van der Waals surface area contributed by atoms with Crippen LogP contribution in [-0.4, -0.2) is 48.5 Å². The maximum atomic E-state index is 12.0. The predicted molar refractivity (Wildman–Crippen MR) is 81.1 cm³/mol. The highest BCUT2D eigenvalue weighted by molar-refractivity contribution is 5.92. The molecular weight excluding hydrogens is 270 g/mol. The second kappa shape index (κ2) is 7.08. The van der Waals surface area contributed by atoms with Gasteiger partial charge in [0.05, 0.1) is 19.4 Å². The second-order valence-corrected chi connectivity index (χ2v) is 5.25. The lowest BCUT2D eigenvalue weighted by Gasteiger charge is -2.30. The van der Waals surface area contributed by atoms with E-state index in [1.165, 1.54) is 0 Å². The number of rotatable bonds is 4.